The number of aliphatic carboxylic acids is 1. The lowest BCUT2D eigenvalue weighted by molar-refractivity contribution is -0.143. The van der Waals surface area contributed by atoms with Crippen LogP contribution in [0.2, 0.25) is 0 Å². The summed E-state index contributed by atoms with van der Waals surface area (Å²) in [6, 6.07) is 13.9. The first-order valence-corrected chi connectivity index (χ1v) is 9.77. The van der Waals surface area contributed by atoms with Crippen molar-refractivity contribution in [3.63, 3.8) is 0 Å². The molecule has 1 aliphatic heterocycles. The first-order chi connectivity index (χ1) is 13.0. The van der Waals surface area contributed by atoms with Crippen molar-refractivity contribution in [2.24, 2.45) is 5.92 Å². The highest BCUT2D eigenvalue weighted by atomic mass is 79.9. The minimum atomic E-state index is -0.726. The van der Waals surface area contributed by atoms with Crippen LogP contribution in [0.5, 0.6) is 11.5 Å². The van der Waals surface area contributed by atoms with Crippen molar-refractivity contribution in [1.82, 2.24) is 4.90 Å². The molecule has 144 valence electrons. The van der Waals surface area contributed by atoms with Gasteiger partial charge in [-0.2, -0.15) is 0 Å². The Labute approximate surface area is 168 Å². The van der Waals surface area contributed by atoms with Gasteiger partial charge in [0.25, 0.3) is 0 Å². The van der Waals surface area contributed by atoms with Gasteiger partial charge in [-0.15, -0.1) is 0 Å². The molecule has 0 radical (unpaired) electrons. The molecule has 0 aromatic heterocycles. The van der Waals surface area contributed by atoms with Gasteiger partial charge in [0.15, 0.2) is 0 Å². The van der Waals surface area contributed by atoms with Crippen LogP contribution in [0.4, 0.5) is 0 Å². The van der Waals surface area contributed by atoms with E-state index in [1.54, 1.807) is 14.2 Å². The Hall–Kier alpha value is -2.05. The number of benzene rings is 2. The number of hydrogen-bond donors (Lipinski definition) is 1. The van der Waals surface area contributed by atoms with Crippen LogP contribution >= 0.6 is 15.9 Å². The molecule has 2 aromatic rings. The van der Waals surface area contributed by atoms with Crippen LogP contribution in [0.15, 0.2) is 46.9 Å². The molecule has 1 aliphatic rings. The lowest BCUT2D eigenvalue weighted by Gasteiger charge is -2.38. The summed E-state index contributed by atoms with van der Waals surface area (Å²) in [5, 5.41) is 9.51. The highest BCUT2D eigenvalue weighted by Crippen LogP contribution is 2.39. The third-order valence-corrected chi connectivity index (χ3v) is 5.62. The molecule has 27 heavy (non-hydrogen) atoms. The molecular weight excluding hydrogens is 410 g/mol. The van der Waals surface area contributed by atoms with E-state index in [-0.39, 0.29) is 12.0 Å². The van der Waals surface area contributed by atoms with Crippen molar-refractivity contribution in [3.8, 4) is 11.5 Å². The second-order valence-electron chi connectivity index (χ2n) is 6.73. The highest BCUT2D eigenvalue weighted by molar-refractivity contribution is 9.10. The molecule has 2 atom stereocenters. The second-order valence-corrected chi connectivity index (χ2v) is 7.65. The first-order valence-electron chi connectivity index (χ1n) is 8.97. The average molecular weight is 434 g/mol. The number of carboxylic acids is 1. The van der Waals surface area contributed by atoms with E-state index in [1.807, 2.05) is 30.3 Å². The number of ether oxygens (including phenoxy) is 2. The smallest absolute Gasteiger partial charge is 0.307 e. The molecule has 0 spiro atoms. The van der Waals surface area contributed by atoms with Crippen molar-refractivity contribution >= 4 is 21.9 Å². The van der Waals surface area contributed by atoms with Gasteiger partial charge < -0.3 is 14.6 Å². The van der Waals surface area contributed by atoms with Gasteiger partial charge >= 0.3 is 5.97 Å². The van der Waals surface area contributed by atoms with Crippen molar-refractivity contribution in [1.29, 1.82) is 0 Å². The fraction of sp³-hybridized carbons (Fsp3) is 0.381. The summed E-state index contributed by atoms with van der Waals surface area (Å²) in [6.07, 6.45) is 1.58. The Bertz CT molecular complexity index is 793. The number of nitrogens with zero attached hydrogens (tertiary/aromatic N) is 1. The molecular formula is C21H24BrNO4. The monoisotopic (exact) mass is 433 g/mol. The lowest BCUT2D eigenvalue weighted by atomic mass is 9.91. The van der Waals surface area contributed by atoms with Gasteiger partial charge in [-0.25, -0.2) is 0 Å². The van der Waals surface area contributed by atoms with E-state index in [2.05, 4.69) is 33.0 Å². The third kappa shape index (κ3) is 4.45. The minimum absolute atomic E-state index is 0.0823. The maximum atomic E-state index is 11.6. The predicted molar refractivity (Wildman–Crippen MR) is 107 cm³/mol. The summed E-state index contributed by atoms with van der Waals surface area (Å²) in [5.41, 5.74) is 2.11. The van der Waals surface area contributed by atoms with Crippen LogP contribution in [-0.4, -0.2) is 43.3 Å². The Morgan fingerprint density at radius 2 is 1.93 bits per heavy atom. The van der Waals surface area contributed by atoms with Gasteiger partial charge in [-0.1, -0.05) is 28.1 Å². The molecule has 1 heterocycles. The van der Waals surface area contributed by atoms with Crippen molar-refractivity contribution in [2.45, 2.75) is 18.9 Å². The normalized spacial score (nSPS) is 18.7. The Kier molecular flexibility index (Phi) is 6.39. The fourth-order valence-corrected chi connectivity index (χ4v) is 3.98. The first kappa shape index (κ1) is 19.7. The number of carboxylic acid groups (broad SMARTS) is 1. The zero-order valence-corrected chi connectivity index (χ0v) is 17.1. The van der Waals surface area contributed by atoms with Gasteiger partial charge in [0.2, 0.25) is 0 Å². The summed E-state index contributed by atoms with van der Waals surface area (Å²) < 4.78 is 12.0. The van der Waals surface area contributed by atoms with E-state index in [9.17, 15) is 9.90 Å². The third-order valence-electron chi connectivity index (χ3n) is 5.09. The van der Waals surface area contributed by atoms with E-state index in [0.29, 0.717) is 6.54 Å². The molecule has 1 N–H and O–H groups in total. The van der Waals surface area contributed by atoms with E-state index in [1.165, 1.54) is 0 Å². The van der Waals surface area contributed by atoms with Crippen molar-refractivity contribution in [2.75, 3.05) is 27.3 Å². The zero-order valence-electron chi connectivity index (χ0n) is 15.5. The molecule has 0 aliphatic carbocycles. The quantitative estimate of drug-likeness (QED) is 0.733. The van der Waals surface area contributed by atoms with Gasteiger partial charge in [-0.3, -0.25) is 9.69 Å². The fourth-order valence-electron chi connectivity index (χ4n) is 3.72. The number of rotatable bonds is 6. The van der Waals surface area contributed by atoms with Crippen LogP contribution < -0.4 is 9.47 Å². The number of methoxy groups -OCH3 is 2. The number of likely N-dealkylation sites (tertiary alicyclic amines) is 1. The molecule has 0 bridgehead atoms. The van der Waals surface area contributed by atoms with Gasteiger partial charge in [0.1, 0.15) is 11.5 Å². The summed E-state index contributed by atoms with van der Waals surface area (Å²) >= 11 is 3.49. The van der Waals surface area contributed by atoms with Gasteiger partial charge in [-0.05, 0) is 49.2 Å². The van der Waals surface area contributed by atoms with Gasteiger partial charge in [0, 0.05) is 22.6 Å². The average Bonchev–Trinajstić information content (AvgIpc) is 2.70. The number of piperidine rings is 1. The highest BCUT2D eigenvalue weighted by Gasteiger charge is 2.32. The maximum Gasteiger partial charge on any atom is 0.307 e. The topological polar surface area (TPSA) is 59.0 Å². The summed E-state index contributed by atoms with van der Waals surface area (Å²) in [4.78, 5) is 13.8. The second kappa shape index (κ2) is 8.76. The van der Waals surface area contributed by atoms with Crippen molar-refractivity contribution < 1.29 is 19.4 Å². The number of carbonyl (C=O) groups is 1. The zero-order chi connectivity index (χ0) is 19.4. The summed E-state index contributed by atoms with van der Waals surface area (Å²) in [6.45, 7) is 1.37. The Morgan fingerprint density at radius 3 is 2.56 bits per heavy atom. The van der Waals surface area contributed by atoms with E-state index in [4.69, 9.17) is 9.47 Å². The molecule has 2 aromatic carbocycles. The summed E-state index contributed by atoms with van der Waals surface area (Å²) in [5.74, 6) is 0.392. The largest absolute Gasteiger partial charge is 0.497 e. The maximum absolute atomic E-state index is 11.6. The van der Waals surface area contributed by atoms with Gasteiger partial charge in [0.05, 0.1) is 26.2 Å². The predicted octanol–water partition coefficient (Wildman–Crippen LogP) is 4.35. The molecule has 1 saturated heterocycles. The Balaban J connectivity index is 2.05. The molecule has 2 unspecified atom stereocenters. The molecule has 1 fully saturated rings. The Morgan fingerprint density at radius 1 is 1.19 bits per heavy atom. The van der Waals surface area contributed by atoms with Crippen LogP contribution in [-0.2, 0) is 4.79 Å². The number of halogens is 1. The van der Waals surface area contributed by atoms with Crippen LogP contribution in [0.1, 0.15) is 30.0 Å². The van der Waals surface area contributed by atoms with Crippen LogP contribution in [0.25, 0.3) is 0 Å². The standard InChI is InChI=1S/C21H24BrNO4/c1-26-17-9-10-18(19(12-17)27-2)20(14-5-7-16(22)8-6-14)23-11-3-4-15(13-23)21(24)25/h5-10,12,15,20H,3-4,11,13H2,1-2H3,(H,24,25). The van der Waals surface area contributed by atoms with E-state index >= 15 is 0 Å². The van der Waals surface area contributed by atoms with E-state index < -0.39 is 5.97 Å². The van der Waals surface area contributed by atoms with Crippen molar-refractivity contribution in [3.05, 3.63) is 58.1 Å². The summed E-state index contributed by atoms with van der Waals surface area (Å²) in [7, 11) is 3.27. The molecule has 6 heteroatoms. The SMILES string of the molecule is COc1ccc(C(c2ccc(Br)cc2)N2CCCC(C(=O)O)C2)c(OC)c1. The number of hydrogen-bond acceptors (Lipinski definition) is 4. The lowest BCUT2D eigenvalue weighted by Crippen LogP contribution is -2.41. The molecule has 0 saturated carbocycles. The van der Waals surface area contributed by atoms with Crippen LogP contribution in [0.3, 0.4) is 0 Å². The molecule has 0 amide bonds. The minimum Gasteiger partial charge on any atom is -0.497 e. The van der Waals surface area contributed by atoms with Crippen LogP contribution in [0, 0.1) is 5.92 Å². The molecule has 5 nitrogen and oxygen atoms in total. The molecule has 3 rings (SSSR count). The van der Waals surface area contributed by atoms with E-state index in [0.717, 1.165) is 46.5 Å².